The normalized spacial score (nSPS) is 14.2. The van der Waals surface area contributed by atoms with Gasteiger partial charge in [-0.1, -0.05) is 51.8 Å². The van der Waals surface area contributed by atoms with Gasteiger partial charge in [-0.3, -0.25) is 0 Å². The van der Waals surface area contributed by atoms with Gasteiger partial charge in [-0.25, -0.2) is 0 Å². The highest BCUT2D eigenvalue weighted by Crippen LogP contribution is 2.27. The van der Waals surface area contributed by atoms with Gasteiger partial charge in [0.25, 0.3) is 0 Å². The second-order valence-electron chi connectivity index (χ2n) is 4.26. The smallest absolute Gasteiger partial charge is 0.127 e. The Hall–Kier alpha value is -0.850. The lowest BCUT2D eigenvalue weighted by Crippen LogP contribution is -2.20. The molecule has 0 saturated heterocycles. The number of allylic oxidation sites excluding steroid dienone is 3. The lowest BCUT2D eigenvalue weighted by Gasteiger charge is -2.24. The molecule has 1 heteroatoms. The Morgan fingerprint density at radius 2 is 2.07 bits per heavy atom. The van der Waals surface area contributed by atoms with Crippen LogP contribution < -0.4 is 0 Å². The van der Waals surface area contributed by atoms with Gasteiger partial charge in [0.1, 0.15) is 6.29 Å². The Bertz CT molecular complexity index is 201. The third-order valence-corrected chi connectivity index (χ3v) is 2.60. The minimum Gasteiger partial charge on any atom is -0.303 e. The molecule has 0 aliphatic carbocycles. The maximum absolute atomic E-state index is 10.9. The fraction of sp³-hybridized carbons (Fsp3) is 0.615. The van der Waals surface area contributed by atoms with Gasteiger partial charge in [-0.05, 0) is 11.8 Å². The van der Waals surface area contributed by atoms with Gasteiger partial charge in [0.15, 0.2) is 0 Å². The number of unbranched alkanes of at least 4 members (excludes halogenated alkanes) is 2. The summed E-state index contributed by atoms with van der Waals surface area (Å²) in [6.45, 7) is 9.98. The van der Waals surface area contributed by atoms with Gasteiger partial charge < -0.3 is 4.79 Å². The van der Waals surface area contributed by atoms with Crippen molar-refractivity contribution in [2.75, 3.05) is 0 Å². The van der Waals surface area contributed by atoms with E-state index in [4.69, 9.17) is 0 Å². The Kier molecular flexibility index (Phi) is 6.18. The first-order valence-electron chi connectivity index (χ1n) is 5.34. The predicted molar refractivity (Wildman–Crippen MR) is 62.2 cm³/mol. The Balaban J connectivity index is 4.21. The molecule has 0 saturated carbocycles. The lowest BCUT2D eigenvalue weighted by atomic mass is 9.79. The van der Waals surface area contributed by atoms with Crippen molar-refractivity contribution in [1.82, 2.24) is 0 Å². The molecule has 0 aromatic heterocycles. The van der Waals surface area contributed by atoms with E-state index in [2.05, 4.69) is 19.6 Å². The number of carbonyl (C=O) groups excluding carboxylic acids is 1. The molecule has 80 valence electrons. The summed E-state index contributed by atoms with van der Waals surface area (Å²) in [6.07, 6.45) is 10.4. The standard InChI is InChI=1S/C13H22O/c1-5-7-8-9-10-12(11-14)13(3,4)6-2/h6,9-12H,2,5,7-8H2,1,3-4H3/b10-9+. The quantitative estimate of drug-likeness (QED) is 0.342. The first-order chi connectivity index (χ1) is 6.58. The van der Waals surface area contributed by atoms with Crippen LogP contribution in [0.1, 0.15) is 40.0 Å². The Labute approximate surface area is 87.9 Å². The van der Waals surface area contributed by atoms with Crippen molar-refractivity contribution in [3.05, 3.63) is 24.8 Å². The molecule has 0 N–H and O–H groups in total. The molecule has 0 aliphatic heterocycles. The van der Waals surface area contributed by atoms with E-state index in [-0.39, 0.29) is 11.3 Å². The van der Waals surface area contributed by atoms with E-state index < -0.39 is 0 Å². The van der Waals surface area contributed by atoms with E-state index >= 15 is 0 Å². The van der Waals surface area contributed by atoms with Crippen LogP contribution in [0.2, 0.25) is 0 Å². The van der Waals surface area contributed by atoms with Gasteiger partial charge >= 0.3 is 0 Å². The molecule has 1 nitrogen and oxygen atoms in total. The van der Waals surface area contributed by atoms with Crippen LogP contribution in [0.3, 0.4) is 0 Å². The van der Waals surface area contributed by atoms with Gasteiger partial charge in [-0.15, -0.1) is 6.58 Å². The average molecular weight is 194 g/mol. The highest BCUT2D eigenvalue weighted by Gasteiger charge is 2.22. The molecule has 0 aliphatic rings. The second-order valence-corrected chi connectivity index (χ2v) is 4.26. The van der Waals surface area contributed by atoms with Crippen LogP contribution in [0.25, 0.3) is 0 Å². The lowest BCUT2D eigenvalue weighted by molar-refractivity contribution is -0.111. The number of hydrogen-bond donors (Lipinski definition) is 0. The molecule has 0 aromatic carbocycles. The van der Waals surface area contributed by atoms with E-state index in [0.29, 0.717) is 0 Å². The summed E-state index contributed by atoms with van der Waals surface area (Å²) in [5.41, 5.74) is -0.134. The molecular weight excluding hydrogens is 172 g/mol. The van der Waals surface area contributed by atoms with Crippen molar-refractivity contribution in [3.8, 4) is 0 Å². The summed E-state index contributed by atoms with van der Waals surface area (Å²) in [5, 5.41) is 0. The molecule has 0 amide bonds. The Morgan fingerprint density at radius 1 is 1.43 bits per heavy atom. The highest BCUT2D eigenvalue weighted by molar-refractivity contribution is 5.58. The van der Waals surface area contributed by atoms with Crippen molar-refractivity contribution < 1.29 is 4.79 Å². The van der Waals surface area contributed by atoms with Crippen molar-refractivity contribution in [2.24, 2.45) is 11.3 Å². The first kappa shape index (κ1) is 13.2. The maximum atomic E-state index is 10.9. The summed E-state index contributed by atoms with van der Waals surface area (Å²) >= 11 is 0. The van der Waals surface area contributed by atoms with E-state index in [1.165, 1.54) is 12.8 Å². The average Bonchev–Trinajstić information content (AvgIpc) is 2.17. The van der Waals surface area contributed by atoms with Crippen molar-refractivity contribution in [2.45, 2.75) is 40.0 Å². The van der Waals surface area contributed by atoms with Crippen molar-refractivity contribution >= 4 is 6.29 Å². The van der Waals surface area contributed by atoms with Crippen LogP contribution in [0.15, 0.2) is 24.8 Å². The zero-order valence-electron chi connectivity index (χ0n) is 9.62. The molecule has 0 heterocycles. The molecule has 1 unspecified atom stereocenters. The van der Waals surface area contributed by atoms with Gasteiger partial charge in [0, 0.05) is 5.92 Å². The second kappa shape index (κ2) is 6.58. The topological polar surface area (TPSA) is 17.1 Å². The summed E-state index contributed by atoms with van der Waals surface area (Å²) in [4.78, 5) is 10.9. The molecule has 0 rings (SSSR count). The number of aldehydes is 1. The van der Waals surface area contributed by atoms with Crippen molar-refractivity contribution in [1.29, 1.82) is 0 Å². The summed E-state index contributed by atoms with van der Waals surface area (Å²) < 4.78 is 0. The first-order valence-corrected chi connectivity index (χ1v) is 5.34. The van der Waals surface area contributed by atoms with Crippen molar-refractivity contribution in [3.63, 3.8) is 0 Å². The van der Waals surface area contributed by atoms with Crippen LogP contribution >= 0.6 is 0 Å². The fourth-order valence-electron chi connectivity index (χ4n) is 1.17. The largest absolute Gasteiger partial charge is 0.303 e. The highest BCUT2D eigenvalue weighted by atomic mass is 16.1. The van der Waals surface area contributed by atoms with Gasteiger partial charge in [-0.2, -0.15) is 0 Å². The Morgan fingerprint density at radius 3 is 2.50 bits per heavy atom. The molecule has 0 bridgehead atoms. The van der Waals surface area contributed by atoms with Crippen LogP contribution in [0, 0.1) is 11.3 Å². The number of hydrogen-bond acceptors (Lipinski definition) is 1. The minimum absolute atomic E-state index is 0.0446. The predicted octanol–water partition coefficient (Wildman–Crippen LogP) is 3.76. The molecular formula is C13H22O. The fourth-order valence-corrected chi connectivity index (χ4v) is 1.17. The molecule has 0 fully saturated rings. The molecule has 0 radical (unpaired) electrons. The van der Waals surface area contributed by atoms with Gasteiger partial charge in [0.2, 0.25) is 0 Å². The van der Waals surface area contributed by atoms with E-state index in [0.717, 1.165) is 12.7 Å². The summed E-state index contributed by atoms with van der Waals surface area (Å²) in [7, 11) is 0. The zero-order valence-corrected chi connectivity index (χ0v) is 9.62. The maximum Gasteiger partial charge on any atom is 0.127 e. The van der Waals surface area contributed by atoms with Crippen LogP contribution in [0.5, 0.6) is 0 Å². The SMILES string of the molecule is C=CC(C)(C)C(C=O)/C=C/CCCC. The monoisotopic (exact) mass is 194 g/mol. The minimum atomic E-state index is -0.134. The zero-order chi connectivity index (χ0) is 11.0. The number of rotatable bonds is 7. The van der Waals surface area contributed by atoms with Gasteiger partial charge in [0.05, 0.1) is 0 Å². The van der Waals surface area contributed by atoms with E-state index in [1.807, 2.05) is 26.0 Å². The molecule has 0 aromatic rings. The van der Waals surface area contributed by atoms with E-state index in [1.54, 1.807) is 0 Å². The van der Waals surface area contributed by atoms with Crippen LogP contribution in [0.4, 0.5) is 0 Å². The van der Waals surface area contributed by atoms with Crippen LogP contribution in [-0.4, -0.2) is 6.29 Å². The molecule has 0 spiro atoms. The third-order valence-electron chi connectivity index (χ3n) is 2.60. The van der Waals surface area contributed by atoms with Crippen LogP contribution in [-0.2, 0) is 4.79 Å². The summed E-state index contributed by atoms with van der Waals surface area (Å²) in [5.74, 6) is -0.0446. The summed E-state index contributed by atoms with van der Waals surface area (Å²) in [6, 6.07) is 0. The molecule has 14 heavy (non-hydrogen) atoms. The third kappa shape index (κ3) is 4.40. The number of carbonyl (C=O) groups is 1. The molecule has 1 atom stereocenters. The van der Waals surface area contributed by atoms with E-state index in [9.17, 15) is 4.79 Å².